The molecule has 0 amide bonds. The summed E-state index contributed by atoms with van der Waals surface area (Å²) in [4.78, 5) is 21.8. The molecule has 13 heavy (non-hydrogen) atoms. The van der Waals surface area contributed by atoms with Crippen LogP contribution in [0.4, 0.5) is 0 Å². The standard InChI is InChI=1S/C9H7BrO3/c1-5(11)6-3-2-4-7(10)8(6)9(12)13/h2-4H,1H3,(H,12,13). The van der Waals surface area contributed by atoms with Gasteiger partial charge in [-0.1, -0.05) is 12.1 Å². The van der Waals surface area contributed by atoms with Crippen molar-refractivity contribution in [3.8, 4) is 0 Å². The highest BCUT2D eigenvalue weighted by atomic mass is 79.9. The second kappa shape index (κ2) is 3.70. The summed E-state index contributed by atoms with van der Waals surface area (Å²) in [6.45, 7) is 1.34. The first kappa shape index (κ1) is 9.92. The summed E-state index contributed by atoms with van der Waals surface area (Å²) < 4.78 is 0.424. The first-order chi connectivity index (χ1) is 6.04. The van der Waals surface area contributed by atoms with E-state index in [0.29, 0.717) is 4.47 Å². The zero-order valence-electron chi connectivity index (χ0n) is 6.87. The number of rotatable bonds is 2. The molecule has 0 aliphatic rings. The molecule has 68 valence electrons. The summed E-state index contributed by atoms with van der Waals surface area (Å²) in [6, 6.07) is 4.72. The van der Waals surface area contributed by atoms with Crippen LogP contribution < -0.4 is 0 Å². The van der Waals surface area contributed by atoms with Crippen LogP contribution in [0.1, 0.15) is 27.6 Å². The average Bonchev–Trinajstić information content (AvgIpc) is 2.02. The van der Waals surface area contributed by atoms with Gasteiger partial charge in [-0.2, -0.15) is 0 Å². The highest BCUT2D eigenvalue weighted by Gasteiger charge is 2.16. The van der Waals surface area contributed by atoms with Crippen LogP contribution in [0, 0.1) is 0 Å². The number of aromatic carboxylic acids is 1. The van der Waals surface area contributed by atoms with E-state index in [4.69, 9.17) is 5.11 Å². The quantitative estimate of drug-likeness (QED) is 0.811. The van der Waals surface area contributed by atoms with Crippen molar-refractivity contribution >= 4 is 27.7 Å². The summed E-state index contributed by atoms with van der Waals surface area (Å²) in [7, 11) is 0. The molecule has 4 heteroatoms. The number of hydrogen-bond acceptors (Lipinski definition) is 2. The number of carbonyl (C=O) groups is 2. The normalized spacial score (nSPS) is 9.69. The molecule has 0 spiro atoms. The van der Waals surface area contributed by atoms with E-state index in [2.05, 4.69) is 15.9 Å². The first-order valence-electron chi connectivity index (χ1n) is 3.56. The SMILES string of the molecule is CC(=O)c1cccc(Br)c1C(=O)O. The maximum absolute atomic E-state index is 11.0. The van der Waals surface area contributed by atoms with Crippen LogP contribution in [0.2, 0.25) is 0 Å². The highest BCUT2D eigenvalue weighted by Crippen LogP contribution is 2.20. The van der Waals surface area contributed by atoms with Gasteiger partial charge in [0.2, 0.25) is 0 Å². The Hall–Kier alpha value is -1.16. The fourth-order valence-electron chi connectivity index (χ4n) is 1.03. The predicted molar refractivity (Wildman–Crippen MR) is 51.1 cm³/mol. The number of halogens is 1. The van der Waals surface area contributed by atoms with Gasteiger partial charge in [0.25, 0.3) is 0 Å². The van der Waals surface area contributed by atoms with E-state index in [0.717, 1.165) is 0 Å². The van der Waals surface area contributed by atoms with Crippen molar-refractivity contribution in [2.75, 3.05) is 0 Å². The number of carboxylic acid groups (broad SMARTS) is 1. The molecular formula is C9H7BrO3. The third-order valence-electron chi connectivity index (χ3n) is 1.61. The minimum absolute atomic E-state index is 0.0231. The second-order valence-electron chi connectivity index (χ2n) is 2.52. The highest BCUT2D eigenvalue weighted by molar-refractivity contribution is 9.10. The largest absolute Gasteiger partial charge is 0.478 e. The lowest BCUT2D eigenvalue weighted by Gasteiger charge is -2.03. The van der Waals surface area contributed by atoms with Gasteiger partial charge < -0.3 is 5.11 Å². The third kappa shape index (κ3) is 1.95. The first-order valence-corrected chi connectivity index (χ1v) is 4.36. The molecule has 0 saturated heterocycles. The van der Waals surface area contributed by atoms with E-state index in [-0.39, 0.29) is 16.9 Å². The van der Waals surface area contributed by atoms with Crippen LogP contribution in [0.5, 0.6) is 0 Å². The van der Waals surface area contributed by atoms with Crippen molar-refractivity contribution in [1.29, 1.82) is 0 Å². The third-order valence-corrected chi connectivity index (χ3v) is 2.27. The molecule has 0 radical (unpaired) electrons. The zero-order chi connectivity index (χ0) is 10.0. The fourth-order valence-corrected chi connectivity index (χ4v) is 1.57. The molecule has 1 aromatic rings. The molecule has 0 aliphatic carbocycles. The minimum atomic E-state index is -1.10. The summed E-state index contributed by atoms with van der Waals surface area (Å²) >= 11 is 3.08. The fraction of sp³-hybridized carbons (Fsp3) is 0.111. The van der Waals surface area contributed by atoms with Gasteiger partial charge in [0.1, 0.15) is 0 Å². The monoisotopic (exact) mass is 242 g/mol. The number of ketones is 1. The van der Waals surface area contributed by atoms with Crippen molar-refractivity contribution in [3.05, 3.63) is 33.8 Å². The lowest BCUT2D eigenvalue weighted by Crippen LogP contribution is -2.06. The summed E-state index contributed by atoms with van der Waals surface area (Å²) in [6.07, 6.45) is 0. The lowest BCUT2D eigenvalue weighted by atomic mass is 10.0. The molecule has 0 aromatic heterocycles. The van der Waals surface area contributed by atoms with Crippen LogP contribution in [0.15, 0.2) is 22.7 Å². The van der Waals surface area contributed by atoms with Crippen molar-refractivity contribution in [1.82, 2.24) is 0 Å². The maximum Gasteiger partial charge on any atom is 0.337 e. The molecule has 0 saturated carbocycles. The van der Waals surface area contributed by atoms with Crippen LogP contribution >= 0.6 is 15.9 Å². The Kier molecular flexibility index (Phi) is 2.83. The van der Waals surface area contributed by atoms with E-state index >= 15 is 0 Å². The zero-order valence-corrected chi connectivity index (χ0v) is 8.46. The van der Waals surface area contributed by atoms with E-state index in [1.54, 1.807) is 12.1 Å². The molecule has 0 aliphatic heterocycles. The molecule has 0 unspecified atom stereocenters. The van der Waals surface area contributed by atoms with E-state index < -0.39 is 5.97 Å². The molecule has 0 bridgehead atoms. The number of benzene rings is 1. The van der Waals surface area contributed by atoms with Crippen molar-refractivity contribution in [2.24, 2.45) is 0 Å². The number of hydrogen-bond donors (Lipinski definition) is 1. The smallest absolute Gasteiger partial charge is 0.337 e. The maximum atomic E-state index is 11.0. The minimum Gasteiger partial charge on any atom is -0.478 e. The van der Waals surface area contributed by atoms with Gasteiger partial charge in [-0.15, -0.1) is 0 Å². The van der Waals surface area contributed by atoms with Crippen molar-refractivity contribution in [3.63, 3.8) is 0 Å². The molecule has 1 aromatic carbocycles. The summed E-state index contributed by atoms with van der Waals surface area (Å²) in [5, 5.41) is 8.81. The van der Waals surface area contributed by atoms with Gasteiger partial charge in [-0.05, 0) is 28.9 Å². The number of carbonyl (C=O) groups excluding carboxylic acids is 1. The predicted octanol–water partition coefficient (Wildman–Crippen LogP) is 2.35. The lowest BCUT2D eigenvalue weighted by molar-refractivity contribution is 0.0691. The van der Waals surface area contributed by atoms with Gasteiger partial charge in [-0.3, -0.25) is 4.79 Å². The van der Waals surface area contributed by atoms with Crippen LogP contribution in [0.3, 0.4) is 0 Å². The number of carboxylic acids is 1. The van der Waals surface area contributed by atoms with E-state index in [1.807, 2.05) is 0 Å². The van der Waals surface area contributed by atoms with Crippen molar-refractivity contribution in [2.45, 2.75) is 6.92 Å². The van der Waals surface area contributed by atoms with Crippen molar-refractivity contribution < 1.29 is 14.7 Å². The Bertz CT molecular complexity index is 371. The number of Topliss-reactive ketones (excluding diaryl/α,β-unsaturated/α-hetero) is 1. The Morgan fingerprint density at radius 2 is 2.00 bits per heavy atom. The Labute approximate surface area is 83.5 Å². The van der Waals surface area contributed by atoms with E-state index in [1.165, 1.54) is 13.0 Å². The molecular weight excluding hydrogens is 236 g/mol. The molecule has 1 N–H and O–H groups in total. The van der Waals surface area contributed by atoms with Crippen LogP contribution in [0.25, 0.3) is 0 Å². The molecule has 0 atom stereocenters. The Morgan fingerprint density at radius 1 is 1.38 bits per heavy atom. The Balaban J connectivity index is 3.43. The molecule has 3 nitrogen and oxygen atoms in total. The van der Waals surface area contributed by atoms with Crippen LogP contribution in [-0.2, 0) is 0 Å². The van der Waals surface area contributed by atoms with Gasteiger partial charge in [-0.25, -0.2) is 4.79 Å². The van der Waals surface area contributed by atoms with Gasteiger partial charge in [0.15, 0.2) is 5.78 Å². The summed E-state index contributed by atoms with van der Waals surface area (Å²) in [5.41, 5.74) is 0.247. The summed E-state index contributed by atoms with van der Waals surface area (Å²) in [5.74, 6) is -1.35. The van der Waals surface area contributed by atoms with Gasteiger partial charge in [0, 0.05) is 10.0 Å². The van der Waals surface area contributed by atoms with Gasteiger partial charge in [0.05, 0.1) is 5.56 Å². The van der Waals surface area contributed by atoms with Gasteiger partial charge >= 0.3 is 5.97 Å². The second-order valence-corrected chi connectivity index (χ2v) is 3.38. The Morgan fingerprint density at radius 3 is 2.38 bits per heavy atom. The molecule has 1 rings (SSSR count). The average molecular weight is 243 g/mol. The van der Waals surface area contributed by atoms with Crippen LogP contribution in [-0.4, -0.2) is 16.9 Å². The van der Waals surface area contributed by atoms with E-state index in [9.17, 15) is 9.59 Å². The topological polar surface area (TPSA) is 54.4 Å². The molecule has 0 heterocycles. The molecule has 0 fully saturated rings.